The first kappa shape index (κ1) is 17.0. The van der Waals surface area contributed by atoms with Gasteiger partial charge in [0.15, 0.2) is 0 Å². The van der Waals surface area contributed by atoms with Crippen LogP contribution in [0.15, 0.2) is 96.3 Å². The van der Waals surface area contributed by atoms with E-state index in [9.17, 15) is 0 Å². The lowest BCUT2D eigenvalue weighted by atomic mass is 9.99. The lowest BCUT2D eigenvalue weighted by Crippen LogP contribution is -1.96. The SMILES string of the molecule is C(=NOCCc1ccccc1)c1cccnc1-c1cccc2ccccc12. The van der Waals surface area contributed by atoms with Crippen molar-refractivity contribution in [1.82, 2.24) is 4.98 Å². The molecule has 3 nitrogen and oxygen atoms in total. The maximum atomic E-state index is 5.46. The average Bonchev–Trinajstić information content (AvgIpc) is 2.74. The summed E-state index contributed by atoms with van der Waals surface area (Å²) in [6.45, 7) is 0.546. The van der Waals surface area contributed by atoms with Gasteiger partial charge < -0.3 is 4.84 Å². The number of hydrogen-bond donors (Lipinski definition) is 0. The third kappa shape index (κ3) is 4.04. The Balaban J connectivity index is 1.53. The third-order valence-electron chi connectivity index (χ3n) is 4.47. The summed E-state index contributed by atoms with van der Waals surface area (Å²) in [5.74, 6) is 0. The summed E-state index contributed by atoms with van der Waals surface area (Å²) in [5, 5.41) is 6.53. The molecule has 4 rings (SSSR count). The monoisotopic (exact) mass is 352 g/mol. The van der Waals surface area contributed by atoms with E-state index in [1.54, 1.807) is 6.21 Å². The van der Waals surface area contributed by atoms with E-state index in [4.69, 9.17) is 4.84 Å². The molecule has 27 heavy (non-hydrogen) atoms. The number of aromatic nitrogens is 1. The van der Waals surface area contributed by atoms with Crippen LogP contribution in [0, 0.1) is 0 Å². The molecule has 0 spiro atoms. The van der Waals surface area contributed by atoms with Crippen LogP contribution in [-0.2, 0) is 11.3 Å². The summed E-state index contributed by atoms with van der Waals surface area (Å²) in [7, 11) is 0. The largest absolute Gasteiger partial charge is 0.395 e. The maximum absolute atomic E-state index is 5.46. The Labute approximate surface area is 159 Å². The van der Waals surface area contributed by atoms with Crippen LogP contribution in [0.4, 0.5) is 0 Å². The van der Waals surface area contributed by atoms with Crippen LogP contribution in [0.2, 0.25) is 0 Å². The fraction of sp³-hybridized carbons (Fsp3) is 0.0833. The highest BCUT2D eigenvalue weighted by molar-refractivity contribution is 6.00. The first-order valence-corrected chi connectivity index (χ1v) is 9.04. The average molecular weight is 352 g/mol. The Bertz CT molecular complexity index is 1050. The number of pyridine rings is 1. The molecule has 0 aliphatic carbocycles. The number of nitrogens with zero attached hydrogens (tertiary/aromatic N) is 2. The van der Waals surface area contributed by atoms with Crippen LogP contribution in [0.25, 0.3) is 22.0 Å². The highest BCUT2D eigenvalue weighted by atomic mass is 16.6. The van der Waals surface area contributed by atoms with Crippen molar-refractivity contribution in [3.05, 3.63) is 102 Å². The molecule has 0 N–H and O–H groups in total. The molecule has 0 amide bonds. The van der Waals surface area contributed by atoms with Gasteiger partial charge in [0.1, 0.15) is 6.61 Å². The van der Waals surface area contributed by atoms with E-state index in [0.717, 1.165) is 23.2 Å². The number of fused-ring (bicyclic) bond motifs is 1. The van der Waals surface area contributed by atoms with Gasteiger partial charge in [-0.15, -0.1) is 0 Å². The van der Waals surface area contributed by atoms with Crippen molar-refractivity contribution in [1.29, 1.82) is 0 Å². The molecule has 132 valence electrons. The molecule has 0 fully saturated rings. The standard InChI is InChI=1S/C24H20N2O/c1-2-8-19(9-3-1)15-17-27-26-18-21-12-7-16-25-24(21)23-14-6-11-20-10-4-5-13-22(20)23/h1-14,16,18H,15,17H2. The van der Waals surface area contributed by atoms with Crippen molar-refractivity contribution >= 4 is 17.0 Å². The van der Waals surface area contributed by atoms with E-state index >= 15 is 0 Å². The second-order valence-electron chi connectivity index (χ2n) is 6.27. The molecule has 0 bridgehead atoms. The molecule has 0 aliphatic rings. The molecule has 0 saturated carbocycles. The lowest BCUT2D eigenvalue weighted by Gasteiger charge is -2.08. The fourth-order valence-corrected chi connectivity index (χ4v) is 3.13. The Hall–Kier alpha value is -3.46. The van der Waals surface area contributed by atoms with Gasteiger partial charge in [0, 0.05) is 23.7 Å². The zero-order valence-corrected chi connectivity index (χ0v) is 15.0. The van der Waals surface area contributed by atoms with Crippen molar-refractivity contribution in [2.45, 2.75) is 6.42 Å². The topological polar surface area (TPSA) is 34.5 Å². The molecular weight excluding hydrogens is 332 g/mol. The molecule has 3 heteroatoms. The molecule has 0 radical (unpaired) electrons. The summed E-state index contributed by atoms with van der Waals surface area (Å²) in [5.41, 5.74) is 4.18. The van der Waals surface area contributed by atoms with E-state index in [-0.39, 0.29) is 0 Å². The predicted molar refractivity (Wildman–Crippen MR) is 111 cm³/mol. The lowest BCUT2D eigenvalue weighted by molar-refractivity contribution is 0.149. The highest BCUT2D eigenvalue weighted by Crippen LogP contribution is 2.28. The van der Waals surface area contributed by atoms with E-state index in [0.29, 0.717) is 6.61 Å². The van der Waals surface area contributed by atoms with Crippen molar-refractivity contribution in [2.75, 3.05) is 6.61 Å². The summed E-state index contributed by atoms with van der Waals surface area (Å²) < 4.78 is 0. The Morgan fingerprint density at radius 2 is 1.63 bits per heavy atom. The van der Waals surface area contributed by atoms with Gasteiger partial charge in [-0.2, -0.15) is 0 Å². The molecule has 3 aromatic carbocycles. The minimum absolute atomic E-state index is 0.546. The molecule has 0 aliphatic heterocycles. The first-order valence-electron chi connectivity index (χ1n) is 9.04. The number of benzene rings is 3. The van der Waals surface area contributed by atoms with Crippen LogP contribution >= 0.6 is 0 Å². The van der Waals surface area contributed by atoms with E-state index in [1.807, 2.05) is 42.6 Å². The van der Waals surface area contributed by atoms with Crippen LogP contribution in [-0.4, -0.2) is 17.8 Å². The van der Waals surface area contributed by atoms with Crippen molar-refractivity contribution < 1.29 is 4.84 Å². The van der Waals surface area contributed by atoms with Crippen molar-refractivity contribution in [2.24, 2.45) is 5.16 Å². The Morgan fingerprint density at radius 3 is 2.56 bits per heavy atom. The van der Waals surface area contributed by atoms with Gasteiger partial charge in [0.2, 0.25) is 0 Å². The van der Waals surface area contributed by atoms with Gasteiger partial charge in [-0.05, 0) is 28.5 Å². The molecule has 0 atom stereocenters. The predicted octanol–water partition coefficient (Wildman–Crippen LogP) is 5.50. The Kier molecular flexibility index (Phi) is 5.21. The van der Waals surface area contributed by atoms with Crippen molar-refractivity contribution in [3.63, 3.8) is 0 Å². The maximum Gasteiger partial charge on any atom is 0.121 e. The van der Waals surface area contributed by atoms with E-state index in [1.165, 1.54) is 16.3 Å². The minimum atomic E-state index is 0.546. The number of oxime groups is 1. The minimum Gasteiger partial charge on any atom is -0.395 e. The van der Waals surface area contributed by atoms with Gasteiger partial charge >= 0.3 is 0 Å². The molecular formula is C24H20N2O. The summed E-state index contributed by atoms with van der Waals surface area (Å²) in [6, 6.07) is 28.8. The second kappa shape index (κ2) is 8.28. The van der Waals surface area contributed by atoms with E-state index < -0.39 is 0 Å². The quantitative estimate of drug-likeness (QED) is 0.261. The van der Waals surface area contributed by atoms with Gasteiger partial charge in [-0.25, -0.2) is 0 Å². The van der Waals surface area contributed by atoms with Crippen LogP contribution in [0.5, 0.6) is 0 Å². The zero-order valence-electron chi connectivity index (χ0n) is 15.0. The second-order valence-corrected chi connectivity index (χ2v) is 6.27. The molecule has 0 saturated heterocycles. The van der Waals surface area contributed by atoms with Crippen LogP contribution < -0.4 is 0 Å². The summed E-state index contributed by atoms with van der Waals surface area (Å²) in [6.07, 6.45) is 4.39. The van der Waals surface area contributed by atoms with Gasteiger partial charge in [-0.3, -0.25) is 4.98 Å². The van der Waals surface area contributed by atoms with Gasteiger partial charge in [0.05, 0.1) is 11.9 Å². The van der Waals surface area contributed by atoms with Crippen LogP contribution in [0.1, 0.15) is 11.1 Å². The summed E-state index contributed by atoms with van der Waals surface area (Å²) in [4.78, 5) is 10.1. The summed E-state index contributed by atoms with van der Waals surface area (Å²) >= 11 is 0. The first-order chi connectivity index (χ1) is 13.4. The normalized spacial score (nSPS) is 11.1. The molecule has 1 heterocycles. The number of rotatable bonds is 6. The Morgan fingerprint density at radius 1 is 0.815 bits per heavy atom. The molecule has 1 aromatic heterocycles. The van der Waals surface area contributed by atoms with Crippen molar-refractivity contribution in [3.8, 4) is 11.3 Å². The third-order valence-corrected chi connectivity index (χ3v) is 4.47. The highest BCUT2D eigenvalue weighted by Gasteiger charge is 2.08. The van der Waals surface area contributed by atoms with Gasteiger partial charge in [0.25, 0.3) is 0 Å². The zero-order chi connectivity index (χ0) is 18.3. The molecule has 4 aromatic rings. The van der Waals surface area contributed by atoms with E-state index in [2.05, 4.69) is 58.7 Å². The number of hydrogen-bond acceptors (Lipinski definition) is 3. The van der Waals surface area contributed by atoms with Crippen LogP contribution in [0.3, 0.4) is 0 Å². The van der Waals surface area contributed by atoms with Gasteiger partial charge in [-0.1, -0.05) is 78.0 Å². The smallest absolute Gasteiger partial charge is 0.121 e. The fourth-order valence-electron chi connectivity index (χ4n) is 3.13. The molecule has 0 unspecified atom stereocenters.